The molecule has 1 heterocycles. The van der Waals surface area contributed by atoms with Crippen molar-refractivity contribution in [1.82, 2.24) is 10.2 Å². The smallest absolute Gasteiger partial charge is 0.0623 e. The second kappa shape index (κ2) is 6.55. The van der Waals surface area contributed by atoms with E-state index >= 15 is 0 Å². The molecule has 1 aliphatic heterocycles. The van der Waals surface area contributed by atoms with Crippen molar-refractivity contribution in [3.05, 3.63) is 0 Å². The van der Waals surface area contributed by atoms with Crippen LogP contribution in [0.25, 0.3) is 0 Å². The summed E-state index contributed by atoms with van der Waals surface area (Å²) in [4.78, 5) is 2.58. The Hall–Kier alpha value is -0.120. The number of hydrogen-bond donors (Lipinski definition) is 2. The van der Waals surface area contributed by atoms with E-state index in [1.807, 2.05) is 0 Å². The molecule has 2 aliphatic rings. The van der Waals surface area contributed by atoms with E-state index in [0.29, 0.717) is 6.04 Å². The third kappa shape index (κ3) is 4.17. The van der Waals surface area contributed by atoms with Crippen molar-refractivity contribution in [3.63, 3.8) is 0 Å². The Morgan fingerprint density at radius 2 is 1.89 bits per heavy atom. The van der Waals surface area contributed by atoms with Crippen LogP contribution >= 0.6 is 0 Å². The molecule has 3 heteroatoms. The van der Waals surface area contributed by atoms with Gasteiger partial charge in [0.15, 0.2) is 0 Å². The average Bonchev–Trinajstić information content (AvgIpc) is 2.37. The average molecular weight is 268 g/mol. The van der Waals surface area contributed by atoms with E-state index in [9.17, 15) is 5.11 Å². The molecule has 0 amide bonds. The fourth-order valence-electron chi connectivity index (χ4n) is 4.15. The Morgan fingerprint density at radius 3 is 2.53 bits per heavy atom. The maximum Gasteiger partial charge on any atom is 0.0623 e. The van der Waals surface area contributed by atoms with Gasteiger partial charge in [-0.25, -0.2) is 0 Å². The first-order chi connectivity index (χ1) is 9.02. The van der Waals surface area contributed by atoms with Gasteiger partial charge in [-0.05, 0) is 38.1 Å². The highest BCUT2D eigenvalue weighted by atomic mass is 16.3. The molecule has 2 fully saturated rings. The van der Waals surface area contributed by atoms with Crippen LogP contribution in [-0.4, -0.2) is 47.8 Å². The lowest BCUT2D eigenvalue weighted by Gasteiger charge is -2.44. The number of fused-ring (bicyclic) bond motifs is 1. The highest BCUT2D eigenvalue weighted by Crippen LogP contribution is 2.36. The van der Waals surface area contributed by atoms with Crippen LogP contribution in [0.3, 0.4) is 0 Å². The first-order valence-corrected chi connectivity index (χ1v) is 8.13. The van der Waals surface area contributed by atoms with Crippen molar-refractivity contribution in [3.8, 4) is 0 Å². The van der Waals surface area contributed by atoms with Crippen molar-refractivity contribution in [2.45, 2.75) is 64.5 Å². The molecule has 2 N–H and O–H groups in total. The quantitative estimate of drug-likeness (QED) is 0.803. The Morgan fingerprint density at radius 1 is 1.21 bits per heavy atom. The lowest BCUT2D eigenvalue weighted by Crippen LogP contribution is -2.58. The summed E-state index contributed by atoms with van der Waals surface area (Å²) in [6, 6.07) is 0.421. The van der Waals surface area contributed by atoms with Gasteiger partial charge in [0.25, 0.3) is 0 Å². The van der Waals surface area contributed by atoms with E-state index in [-0.39, 0.29) is 12.1 Å². The minimum Gasteiger partial charge on any atom is -0.394 e. The molecule has 1 saturated carbocycles. The summed E-state index contributed by atoms with van der Waals surface area (Å²) in [6.07, 6.45) is 7.13. The predicted molar refractivity (Wildman–Crippen MR) is 80.3 cm³/mol. The summed E-state index contributed by atoms with van der Waals surface area (Å²) in [6.45, 7) is 10.1. The first kappa shape index (κ1) is 15.3. The lowest BCUT2D eigenvalue weighted by molar-refractivity contribution is 0.0483. The highest BCUT2D eigenvalue weighted by Gasteiger charge is 2.34. The molecule has 0 aromatic carbocycles. The summed E-state index contributed by atoms with van der Waals surface area (Å²) in [7, 11) is 0. The van der Waals surface area contributed by atoms with Gasteiger partial charge in [-0.2, -0.15) is 0 Å². The minimum absolute atomic E-state index is 0.157. The highest BCUT2D eigenvalue weighted by molar-refractivity contribution is 4.91. The zero-order chi connectivity index (χ0) is 13.9. The molecule has 0 aromatic rings. The summed E-state index contributed by atoms with van der Waals surface area (Å²) >= 11 is 0. The minimum atomic E-state index is -0.157. The van der Waals surface area contributed by atoms with Crippen molar-refractivity contribution in [2.75, 3.05) is 26.2 Å². The third-order valence-corrected chi connectivity index (χ3v) is 4.93. The maximum absolute atomic E-state index is 9.71. The van der Waals surface area contributed by atoms with Gasteiger partial charge in [0.05, 0.1) is 12.1 Å². The van der Waals surface area contributed by atoms with Crippen molar-refractivity contribution in [2.24, 2.45) is 11.8 Å². The fraction of sp³-hybridized carbons (Fsp3) is 1.00. The first-order valence-electron chi connectivity index (χ1n) is 8.13. The largest absolute Gasteiger partial charge is 0.394 e. The number of aliphatic hydroxyl groups is 1. The third-order valence-electron chi connectivity index (χ3n) is 4.93. The van der Waals surface area contributed by atoms with E-state index in [2.05, 4.69) is 31.0 Å². The molecule has 1 saturated heterocycles. The number of nitrogens with zero attached hydrogens (tertiary/aromatic N) is 1. The summed E-state index contributed by atoms with van der Waals surface area (Å²) in [5.41, 5.74) is -0.157. The number of aliphatic hydroxyl groups excluding tert-OH is 1. The van der Waals surface area contributed by atoms with E-state index in [1.165, 1.54) is 45.2 Å². The number of likely N-dealkylation sites (tertiary alicyclic amines) is 1. The van der Waals surface area contributed by atoms with Gasteiger partial charge < -0.3 is 15.3 Å². The SMILES string of the molecule is CC(C)NC(C)(CO)CN1CCC2CCCCC2C1. The number of piperidine rings is 1. The topological polar surface area (TPSA) is 35.5 Å². The number of nitrogens with one attached hydrogen (secondary N) is 1. The van der Waals surface area contributed by atoms with Crippen molar-refractivity contribution >= 4 is 0 Å². The van der Waals surface area contributed by atoms with Gasteiger partial charge in [-0.3, -0.25) is 0 Å². The van der Waals surface area contributed by atoms with Crippen LogP contribution < -0.4 is 5.32 Å². The lowest BCUT2D eigenvalue weighted by atomic mass is 9.75. The van der Waals surface area contributed by atoms with Crippen LogP contribution in [0, 0.1) is 11.8 Å². The van der Waals surface area contributed by atoms with Crippen LogP contribution in [0.1, 0.15) is 52.9 Å². The van der Waals surface area contributed by atoms with Crippen LogP contribution in [0.15, 0.2) is 0 Å². The molecule has 3 unspecified atom stereocenters. The van der Waals surface area contributed by atoms with Gasteiger partial charge in [-0.15, -0.1) is 0 Å². The standard InChI is InChI=1S/C16H32N2O/c1-13(2)17-16(3,12-19)11-18-9-8-14-6-4-5-7-15(14)10-18/h13-15,17,19H,4-12H2,1-3H3. The Balaban J connectivity index is 1.88. The molecule has 2 rings (SSSR count). The Bertz CT molecular complexity index is 282. The fourth-order valence-corrected chi connectivity index (χ4v) is 4.15. The summed E-state index contributed by atoms with van der Waals surface area (Å²) in [5, 5.41) is 13.2. The molecule has 0 bridgehead atoms. The molecular weight excluding hydrogens is 236 g/mol. The van der Waals surface area contributed by atoms with Crippen LogP contribution in [-0.2, 0) is 0 Å². The molecule has 112 valence electrons. The zero-order valence-corrected chi connectivity index (χ0v) is 13.0. The maximum atomic E-state index is 9.71. The van der Waals surface area contributed by atoms with Gasteiger partial charge >= 0.3 is 0 Å². The van der Waals surface area contributed by atoms with Gasteiger partial charge in [0, 0.05) is 19.1 Å². The summed E-state index contributed by atoms with van der Waals surface area (Å²) < 4.78 is 0. The molecule has 19 heavy (non-hydrogen) atoms. The molecule has 0 spiro atoms. The second-order valence-electron chi connectivity index (χ2n) is 7.35. The normalized spacial score (nSPS) is 32.1. The van der Waals surface area contributed by atoms with E-state index in [0.717, 1.165) is 18.4 Å². The number of rotatable bonds is 5. The second-order valence-corrected chi connectivity index (χ2v) is 7.35. The molecule has 1 aliphatic carbocycles. The predicted octanol–water partition coefficient (Wildman–Crippen LogP) is 2.25. The van der Waals surface area contributed by atoms with Crippen molar-refractivity contribution < 1.29 is 5.11 Å². The Kier molecular flexibility index (Phi) is 5.27. The van der Waals surface area contributed by atoms with E-state index in [1.54, 1.807) is 0 Å². The molecule has 0 aromatic heterocycles. The molecule has 3 atom stereocenters. The number of hydrogen-bond acceptors (Lipinski definition) is 3. The van der Waals surface area contributed by atoms with E-state index < -0.39 is 0 Å². The summed E-state index contributed by atoms with van der Waals surface area (Å²) in [5.74, 6) is 1.91. The molecule has 0 radical (unpaired) electrons. The van der Waals surface area contributed by atoms with Crippen LogP contribution in [0.4, 0.5) is 0 Å². The van der Waals surface area contributed by atoms with Crippen LogP contribution in [0.2, 0.25) is 0 Å². The van der Waals surface area contributed by atoms with Crippen molar-refractivity contribution in [1.29, 1.82) is 0 Å². The molecular formula is C16H32N2O. The molecule has 3 nitrogen and oxygen atoms in total. The zero-order valence-electron chi connectivity index (χ0n) is 13.0. The van der Waals surface area contributed by atoms with Crippen LogP contribution in [0.5, 0.6) is 0 Å². The van der Waals surface area contributed by atoms with E-state index in [4.69, 9.17) is 0 Å². The van der Waals surface area contributed by atoms with Gasteiger partial charge in [0.2, 0.25) is 0 Å². The van der Waals surface area contributed by atoms with Gasteiger partial charge in [0.1, 0.15) is 0 Å². The Labute approximate surface area is 118 Å². The van der Waals surface area contributed by atoms with Gasteiger partial charge in [-0.1, -0.05) is 33.1 Å². The monoisotopic (exact) mass is 268 g/mol.